The Balaban J connectivity index is 3.63. The quantitative estimate of drug-likeness (QED) is 0.625. The van der Waals surface area contributed by atoms with Gasteiger partial charge in [-0.25, -0.2) is 0 Å². The van der Waals surface area contributed by atoms with Gasteiger partial charge in [-0.1, -0.05) is 13.3 Å². The van der Waals surface area contributed by atoms with Crippen molar-refractivity contribution >= 4 is 0 Å². The highest BCUT2D eigenvalue weighted by Gasteiger charge is 2.17. The molecule has 0 saturated heterocycles. The van der Waals surface area contributed by atoms with Gasteiger partial charge in [0.1, 0.15) is 0 Å². The van der Waals surface area contributed by atoms with E-state index in [1.165, 1.54) is 0 Å². The van der Waals surface area contributed by atoms with Gasteiger partial charge in [-0.05, 0) is 26.2 Å². The zero-order valence-electron chi connectivity index (χ0n) is 7.09. The molecule has 0 saturated carbocycles. The Labute approximate surface area is 62.9 Å². The number of hydrogen-bond acceptors (Lipinski definition) is 2. The molecular weight excluding hydrogens is 128 g/mol. The van der Waals surface area contributed by atoms with Gasteiger partial charge in [-0.3, -0.25) is 0 Å². The van der Waals surface area contributed by atoms with Crippen LogP contribution in [0.4, 0.5) is 0 Å². The molecule has 0 bridgehead atoms. The highest BCUT2D eigenvalue weighted by atomic mass is 16.3. The molecule has 0 aliphatic carbocycles. The molecule has 62 valence electrons. The second kappa shape index (κ2) is 3.94. The predicted molar refractivity (Wildman–Crippen MR) is 41.8 cm³/mol. The van der Waals surface area contributed by atoms with Crippen molar-refractivity contribution in [3.05, 3.63) is 0 Å². The summed E-state index contributed by atoms with van der Waals surface area (Å²) in [7, 11) is 0. The average Bonchev–Trinajstić information content (AvgIpc) is 1.81. The van der Waals surface area contributed by atoms with Crippen LogP contribution >= 0.6 is 0 Å². The second-order valence-corrected chi connectivity index (χ2v) is 3.47. The number of aliphatic hydroxyl groups is 2. The Kier molecular flexibility index (Phi) is 3.91. The van der Waals surface area contributed by atoms with Crippen molar-refractivity contribution in [3.8, 4) is 0 Å². The smallest absolute Gasteiger partial charge is 0.0595 e. The molecule has 0 spiro atoms. The normalized spacial score (nSPS) is 15.3. The number of hydrogen-bond donors (Lipinski definition) is 2. The number of aliphatic hydroxyl groups excluding tert-OH is 1. The van der Waals surface area contributed by atoms with Crippen molar-refractivity contribution in [1.82, 2.24) is 0 Å². The molecule has 0 aliphatic heterocycles. The minimum atomic E-state index is -0.636. The Morgan fingerprint density at radius 2 is 1.90 bits per heavy atom. The highest BCUT2D eigenvalue weighted by Crippen LogP contribution is 2.17. The van der Waals surface area contributed by atoms with E-state index < -0.39 is 5.60 Å². The summed E-state index contributed by atoms with van der Waals surface area (Å²) in [6.45, 7) is 5.74. The lowest BCUT2D eigenvalue weighted by Gasteiger charge is -2.22. The zero-order valence-corrected chi connectivity index (χ0v) is 7.09. The fraction of sp³-hybridized carbons (Fsp3) is 1.00. The minimum absolute atomic E-state index is 0.181. The van der Waals surface area contributed by atoms with Gasteiger partial charge in [0.2, 0.25) is 0 Å². The summed E-state index contributed by atoms with van der Waals surface area (Å²) < 4.78 is 0. The Bertz CT molecular complexity index is 79.7. The topological polar surface area (TPSA) is 40.5 Å². The van der Waals surface area contributed by atoms with Gasteiger partial charge < -0.3 is 10.2 Å². The minimum Gasteiger partial charge on any atom is -0.396 e. The third-order valence-corrected chi connectivity index (χ3v) is 1.62. The first kappa shape index (κ1) is 9.92. The van der Waals surface area contributed by atoms with E-state index in [0.29, 0.717) is 6.42 Å². The Morgan fingerprint density at radius 3 is 2.00 bits per heavy atom. The van der Waals surface area contributed by atoms with Crippen molar-refractivity contribution in [2.24, 2.45) is 5.92 Å². The molecule has 2 N–H and O–H groups in total. The maximum atomic E-state index is 9.34. The molecule has 0 fully saturated rings. The summed E-state index contributed by atoms with van der Waals surface area (Å²) in [6, 6.07) is 0. The molecule has 0 aromatic carbocycles. The van der Waals surface area contributed by atoms with E-state index in [4.69, 9.17) is 5.11 Å². The van der Waals surface area contributed by atoms with Crippen molar-refractivity contribution in [3.63, 3.8) is 0 Å². The van der Waals surface area contributed by atoms with E-state index in [0.717, 1.165) is 6.42 Å². The molecule has 10 heavy (non-hydrogen) atoms. The molecule has 0 amide bonds. The summed E-state index contributed by atoms with van der Waals surface area (Å²) in [6.07, 6.45) is 1.61. The summed E-state index contributed by atoms with van der Waals surface area (Å²) in [5.74, 6) is 0.250. The van der Waals surface area contributed by atoms with Gasteiger partial charge in [0.25, 0.3) is 0 Å². The molecule has 1 unspecified atom stereocenters. The molecule has 0 aromatic heterocycles. The summed E-state index contributed by atoms with van der Waals surface area (Å²) in [5.41, 5.74) is -0.636. The van der Waals surface area contributed by atoms with Gasteiger partial charge in [-0.2, -0.15) is 0 Å². The van der Waals surface area contributed by atoms with E-state index in [1.807, 2.05) is 6.92 Å². The lowest BCUT2D eigenvalue weighted by Crippen LogP contribution is -2.24. The highest BCUT2D eigenvalue weighted by molar-refractivity contribution is 4.70. The third-order valence-electron chi connectivity index (χ3n) is 1.62. The van der Waals surface area contributed by atoms with E-state index in [-0.39, 0.29) is 12.5 Å². The van der Waals surface area contributed by atoms with E-state index in [2.05, 4.69) is 0 Å². The largest absolute Gasteiger partial charge is 0.396 e. The van der Waals surface area contributed by atoms with E-state index in [1.54, 1.807) is 13.8 Å². The molecule has 0 radical (unpaired) electrons. The van der Waals surface area contributed by atoms with Crippen molar-refractivity contribution in [2.45, 2.75) is 39.2 Å². The monoisotopic (exact) mass is 146 g/mol. The SMILES string of the molecule is CCC(CO)CC(C)(C)O. The van der Waals surface area contributed by atoms with Crippen LogP contribution in [0.3, 0.4) is 0 Å². The van der Waals surface area contributed by atoms with Crippen LogP contribution in [0, 0.1) is 5.92 Å². The third kappa shape index (κ3) is 4.77. The zero-order chi connectivity index (χ0) is 8.20. The Hall–Kier alpha value is -0.0800. The van der Waals surface area contributed by atoms with Crippen LogP contribution in [0.2, 0.25) is 0 Å². The van der Waals surface area contributed by atoms with Crippen molar-refractivity contribution in [2.75, 3.05) is 6.61 Å². The van der Waals surface area contributed by atoms with Gasteiger partial charge in [0, 0.05) is 6.61 Å². The molecule has 0 aliphatic rings. The van der Waals surface area contributed by atoms with Crippen LogP contribution in [-0.2, 0) is 0 Å². The molecule has 0 heterocycles. The predicted octanol–water partition coefficient (Wildman–Crippen LogP) is 1.17. The van der Waals surface area contributed by atoms with Crippen LogP contribution in [-0.4, -0.2) is 22.4 Å². The first-order valence-electron chi connectivity index (χ1n) is 3.83. The fourth-order valence-corrected chi connectivity index (χ4v) is 1.04. The van der Waals surface area contributed by atoms with E-state index >= 15 is 0 Å². The summed E-state index contributed by atoms with van der Waals surface area (Å²) in [5, 5.41) is 18.1. The van der Waals surface area contributed by atoms with Crippen LogP contribution in [0.25, 0.3) is 0 Å². The lowest BCUT2D eigenvalue weighted by atomic mass is 9.92. The fourth-order valence-electron chi connectivity index (χ4n) is 1.04. The van der Waals surface area contributed by atoms with Crippen molar-refractivity contribution in [1.29, 1.82) is 0 Å². The second-order valence-electron chi connectivity index (χ2n) is 3.47. The van der Waals surface area contributed by atoms with Gasteiger partial charge >= 0.3 is 0 Å². The lowest BCUT2D eigenvalue weighted by molar-refractivity contribution is 0.0392. The van der Waals surface area contributed by atoms with Crippen LogP contribution in [0.5, 0.6) is 0 Å². The van der Waals surface area contributed by atoms with Crippen LogP contribution in [0.15, 0.2) is 0 Å². The summed E-state index contributed by atoms with van der Waals surface area (Å²) >= 11 is 0. The molecule has 2 nitrogen and oxygen atoms in total. The first-order valence-corrected chi connectivity index (χ1v) is 3.83. The first-order chi connectivity index (χ1) is 4.49. The maximum Gasteiger partial charge on any atom is 0.0595 e. The molecule has 0 aromatic rings. The maximum absolute atomic E-state index is 9.34. The van der Waals surface area contributed by atoms with E-state index in [9.17, 15) is 5.11 Å². The van der Waals surface area contributed by atoms with Crippen LogP contribution in [0.1, 0.15) is 33.6 Å². The number of rotatable bonds is 4. The standard InChI is InChI=1S/C8H18O2/c1-4-7(6-9)5-8(2,3)10/h7,9-10H,4-6H2,1-3H3. The van der Waals surface area contributed by atoms with Gasteiger partial charge in [0.05, 0.1) is 5.60 Å². The molecule has 1 atom stereocenters. The summed E-state index contributed by atoms with van der Waals surface area (Å²) in [4.78, 5) is 0. The molecular formula is C8H18O2. The molecule has 0 rings (SSSR count). The van der Waals surface area contributed by atoms with Gasteiger partial charge in [0.15, 0.2) is 0 Å². The average molecular weight is 146 g/mol. The van der Waals surface area contributed by atoms with Crippen molar-refractivity contribution < 1.29 is 10.2 Å². The molecule has 2 heteroatoms. The van der Waals surface area contributed by atoms with Crippen LogP contribution < -0.4 is 0 Å². The Morgan fingerprint density at radius 1 is 1.40 bits per heavy atom. The van der Waals surface area contributed by atoms with Gasteiger partial charge in [-0.15, -0.1) is 0 Å².